The van der Waals surface area contributed by atoms with Gasteiger partial charge in [-0.2, -0.15) is 0 Å². The predicted octanol–water partition coefficient (Wildman–Crippen LogP) is 6.56. The summed E-state index contributed by atoms with van der Waals surface area (Å²) < 4.78 is 6.16. The molecule has 43 heavy (non-hydrogen) atoms. The standard InChI is InChI=1S/C28H25NO3S.C8H9NO.H2/c1-2-19-13-15-20(16-14-19)23-18-33-25-17-24(30)29(25)26(23)28(31)32-27(21-9-5-3-6-10-21)22-11-7-4-8-12-22;9-8(10)6-7-4-2-1-3-5-7;/h3-16,25,27H,2,17-18H2,1H3;1-5H,6H2,(H2,9,10);1H/t25-;;/m1../s1. The van der Waals surface area contributed by atoms with Gasteiger partial charge in [-0.3, -0.25) is 14.5 Å². The van der Waals surface area contributed by atoms with E-state index in [1.807, 2.05) is 103 Å². The number of β-lactam (4-membered cyclic amide) rings is 1. The van der Waals surface area contributed by atoms with Crippen LogP contribution in [0.1, 0.15) is 48.7 Å². The van der Waals surface area contributed by atoms with E-state index in [0.29, 0.717) is 24.3 Å². The summed E-state index contributed by atoms with van der Waals surface area (Å²) in [6, 6.07) is 37.1. The maximum atomic E-state index is 13.7. The molecule has 1 saturated heterocycles. The number of carbonyl (C=O) groups excluding carboxylic acids is 3. The van der Waals surface area contributed by atoms with Crippen molar-refractivity contribution >= 4 is 35.1 Å². The van der Waals surface area contributed by atoms with Crippen LogP contribution < -0.4 is 5.73 Å². The fraction of sp³-hybridized carbons (Fsp3) is 0.194. The van der Waals surface area contributed by atoms with E-state index < -0.39 is 12.1 Å². The first-order valence-electron chi connectivity index (χ1n) is 14.3. The van der Waals surface area contributed by atoms with Crippen molar-refractivity contribution < 1.29 is 20.5 Å². The van der Waals surface area contributed by atoms with Crippen molar-refractivity contribution in [1.29, 1.82) is 0 Å². The molecular weight excluding hydrogens is 556 g/mol. The number of rotatable bonds is 8. The summed E-state index contributed by atoms with van der Waals surface area (Å²) in [7, 11) is 0. The Morgan fingerprint density at radius 3 is 1.93 bits per heavy atom. The van der Waals surface area contributed by atoms with Crippen LogP contribution in [-0.2, 0) is 32.0 Å². The third-order valence-corrected chi connectivity index (χ3v) is 8.63. The van der Waals surface area contributed by atoms with E-state index in [1.165, 1.54) is 5.56 Å². The zero-order chi connectivity index (χ0) is 30.2. The van der Waals surface area contributed by atoms with E-state index in [2.05, 4.69) is 19.1 Å². The van der Waals surface area contributed by atoms with E-state index in [-0.39, 0.29) is 18.6 Å². The number of carbonyl (C=O) groups is 3. The maximum Gasteiger partial charge on any atom is 0.356 e. The van der Waals surface area contributed by atoms with E-state index >= 15 is 0 Å². The van der Waals surface area contributed by atoms with Crippen LogP contribution >= 0.6 is 11.8 Å². The van der Waals surface area contributed by atoms with Gasteiger partial charge in [-0.15, -0.1) is 11.8 Å². The molecule has 0 unspecified atom stereocenters. The number of thioether (sulfide) groups is 1. The van der Waals surface area contributed by atoms with Gasteiger partial charge in [0.2, 0.25) is 11.8 Å². The van der Waals surface area contributed by atoms with Gasteiger partial charge in [-0.25, -0.2) is 4.79 Å². The number of aryl methyl sites for hydroxylation is 1. The highest BCUT2D eigenvalue weighted by Gasteiger charge is 2.46. The molecule has 7 heteroatoms. The van der Waals surface area contributed by atoms with Crippen molar-refractivity contribution in [2.24, 2.45) is 5.73 Å². The lowest BCUT2D eigenvalue weighted by molar-refractivity contribution is -0.151. The number of benzene rings is 4. The second-order valence-electron chi connectivity index (χ2n) is 10.3. The zero-order valence-corrected chi connectivity index (χ0v) is 24.8. The van der Waals surface area contributed by atoms with Gasteiger partial charge in [-0.05, 0) is 34.2 Å². The molecule has 2 amide bonds. The molecule has 2 N–H and O–H groups in total. The van der Waals surface area contributed by atoms with Crippen LogP contribution in [0.3, 0.4) is 0 Å². The van der Waals surface area contributed by atoms with Crippen LogP contribution in [0.5, 0.6) is 0 Å². The first-order chi connectivity index (χ1) is 20.9. The number of hydrogen-bond acceptors (Lipinski definition) is 5. The summed E-state index contributed by atoms with van der Waals surface area (Å²) in [5.74, 6) is -0.101. The lowest BCUT2D eigenvalue weighted by atomic mass is 9.99. The van der Waals surface area contributed by atoms with E-state index in [0.717, 1.165) is 34.2 Å². The molecule has 6 nitrogen and oxygen atoms in total. The van der Waals surface area contributed by atoms with Gasteiger partial charge in [0.05, 0.1) is 18.2 Å². The average molecular weight is 593 g/mol. The second-order valence-corrected chi connectivity index (χ2v) is 11.5. The number of esters is 1. The first-order valence-corrected chi connectivity index (χ1v) is 15.4. The minimum Gasteiger partial charge on any atom is -0.448 e. The van der Waals surface area contributed by atoms with Crippen molar-refractivity contribution in [3.05, 3.63) is 149 Å². The lowest BCUT2D eigenvalue weighted by Gasteiger charge is -2.44. The molecule has 0 spiro atoms. The summed E-state index contributed by atoms with van der Waals surface area (Å²) in [6.07, 6.45) is 1.19. The summed E-state index contributed by atoms with van der Waals surface area (Å²) in [6.45, 7) is 2.12. The van der Waals surface area contributed by atoms with Crippen LogP contribution in [0.2, 0.25) is 0 Å². The Hall–Kier alpha value is -4.62. The third kappa shape index (κ3) is 7.24. The molecule has 2 aliphatic heterocycles. The molecule has 4 aromatic carbocycles. The molecule has 220 valence electrons. The van der Waals surface area contributed by atoms with Gasteiger partial charge in [-0.1, -0.05) is 122 Å². The highest BCUT2D eigenvalue weighted by atomic mass is 32.2. The fourth-order valence-corrected chi connectivity index (χ4v) is 6.40. The van der Waals surface area contributed by atoms with Crippen molar-refractivity contribution in [2.45, 2.75) is 37.7 Å². The van der Waals surface area contributed by atoms with Crippen molar-refractivity contribution in [3.63, 3.8) is 0 Å². The Kier molecular flexibility index (Phi) is 9.74. The molecule has 0 aliphatic carbocycles. The van der Waals surface area contributed by atoms with E-state index in [1.54, 1.807) is 16.7 Å². The Labute approximate surface area is 258 Å². The van der Waals surface area contributed by atoms with Gasteiger partial charge in [0.15, 0.2) is 6.10 Å². The monoisotopic (exact) mass is 592 g/mol. The summed E-state index contributed by atoms with van der Waals surface area (Å²) in [5.41, 5.74) is 11.2. The van der Waals surface area contributed by atoms with Gasteiger partial charge in [0.25, 0.3) is 0 Å². The smallest absolute Gasteiger partial charge is 0.356 e. The minimum atomic E-state index is -0.555. The molecular formula is C36H36N2O4S. The largest absolute Gasteiger partial charge is 0.448 e. The van der Waals surface area contributed by atoms with Crippen LogP contribution in [0.4, 0.5) is 0 Å². The molecule has 0 bridgehead atoms. The predicted molar refractivity (Wildman–Crippen MR) is 173 cm³/mol. The van der Waals surface area contributed by atoms with Gasteiger partial charge in [0, 0.05) is 12.8 Å². The highest BCUT2D eigenvalue weighted by Crippen LogP contribution is 2.44. The number of ether oxygens (including phenoxy) is 1. The molecule has 0 aromatic heterocycles. The molecule has 6 rings (SSSR count). The molecule has 4 aromatic rings. The molecule has 0 saturated carbocycles. The fourth-order valence-electron chi connectivity index (χ4n) is 5.11. The molecule has 0 radical (unpaired) electrons. The summed E-state index contributed by atoms with van der Waals surface area (Å²) in [4.78, 5) is 38.3. The Morgan fingerprint density at radius 1 is 0.860 bits per heavy atom. The van der Waals surface area contributed by atoms with Crippen molar-refractivity contribution in [2.75, 3.05) is 5.75 Å². The Bertz CT molecular complexity index is 1560. The van der Waals surface area contributed by atoms with Crippen LogP contribution in [0, 0.1) is 0 Å². The van der Waals surface area contributed by atoms with Crippen molar-refractivity contribution in [3.8, 4) is 0 Å². The Balaban J connectivity index is 0.000000344. The second kappa shape index (κ2) is 14.0. The normalized spacial score (nSPS) is 15.6. The molecule has 2 aliphatic rings. The number of nitrogens with two attached hydrogens (primary N) is 1. The lowest BCUT2D eigenvalue weighted by Crippen LogP contribution is -2.54. The van der Waals surface area contributed by atoms with Gasteiger partial charge >= 0.3 is 5.97 Å². The quantitative estimate of drug-likeness (QED) is 0.185. The van der Waals surface area contributed by atoms with Gasteiger partial charge in [0.1, 0.15) is 5.70 Å². The van der Waals surface area contributed by atoms with E-state index in [4.69, 9.17) is 10.5 Å². The third-order valence-electron chi connectivity index (χ3n) is 7.41. The van der Waals surface area contributed by atoms with Crippen molar-refractivity contribution in [1.82, 2.24) is 4.90 Å². The SMILES string of the molecule is CCc1ccc(C2=C(C(=O)OC(c3ccccc3)c3ccccc3)N3C(=O)C[C@H]3SC2)cc1.NC(=O)Cc1ccccc1.[HH]. The number of amides is 2. The van der Waals surface area contributed by atoms with Crippen LogP contribution in [-0.4, -0.2) is 33.8 Å². The van der Waals surface area contributed by atoms with E-state index in [9.17, 15) is 14.4 Å². The number of primary amides is 1. The minimum absolute atomic E-state index is 0. The maximum absolute atomic E-state index is 13.7. The van der Waals surface area contributed by atoms with Crippen LogP contribution in [0.15, 0.2) is 121 Å². The topological polar surface area (TPSA) is 89.7 Å². The number of nitrogens with zero attached hydrogens (tertiary/aromatic N) is 1. The summed E-state index contributed by atoms with van der Waals surface area (Å²) >= 11 is 1.70. The molecule has 1 atom stereocenters. The zero-order valence-electron chi connectivity index (χ0n) is 24.0. The highest BCUT2D eigenvalue weighted by molar-refractivity contribution is 8.00. The van der Waals surface area contributed by atoms with Gasteiger partial charge < -0.3 is 10.5 Å². The molecule has 1 fully saturated rings. The average Bonchev–Trinajstić information content (AvgIpc) is 3.04. The van der Waals surface area contributed by atoms with Crippen LogP contribution in [0.25, 0.3) is 5.57 Å². The summed E-state index contributed by atoms with van der Waals surface area (Å²) in [5, 5.41) is 0.00520. The Morgan fingerprint density at radius 2 is 1.42 bits per heavy atom. The number of fused-ring (bicyclic) bond motifs is 1. The first kappa shape index (κ1) is 29.9. The number of hydrogen-bond donors (Lipinski definition) is 1. The molecule has 2 heterocycles.